The minimum atomic E-state index is -1.23. The Morgan fingerprint density at radius 3 is 2.24 bits per heavy atom. The normalized spacial score (nSPS) is 14.4. The molecular weight excluding hydrogens is 446 g/mol. The van der Waals surface area contributed by atoms with Gasteiger partial charge in [-0.1, -0.05) is 13.8 Å². The molecule has 190 valence electrons. The molecule has 0 bridgehead atoms. The zero-order chi connectivity index (χ0) is 25.8. The highest BCUT2D eigenvalue weighted by atomic mass is 16.4. The van der Waals surface area contributed by atoms with Gasteiger partial charge < -0.3 is 43.2 Å². The largest absolute Gasteiger partial charge is 0.480 e. The molecule has 34 heavy (non-hydrogen) atoms. The van der Waals surface area contributed by atoms with Crippen molar-refractivity contribution in [2.75, 3.05) is 6.54 Å². The molecular formula is C20H35N9O5. The monoisotopic (exact) mass is 481 g/mol. The van der Waals surface area contributed by atoms with Crippen LogP contribution in [0.2, 0.25) is 0 Å². The smallest absolute Gasteiger partial charge is 0.326 e. The molecule has 1 heterocycles. The molecule has 1 aromatic heterocycles. The second-order valence-electron chi connectivity index (χ2n) is 8.19. The lowest BCUT2D eigenvalue weighted by atomic mass is 10.0. The average Bonchev–Trinajstić information content (AvgIpc) is 3.27. The molecule has 0 aliphatic heterocycles. The fraction of sp³-hybridized carbons (Fsp3) is 0.600. The van der Waals surface area contributed by atoms with E-state index in [1.54, 1.807) is 13.8 Å². The van der Waals surface area contributed by atoms with Gasteiger partial charge in [0, 0.05) is 24.9 Å². The van der Waals surface area contributed by atoms with Crippen molar-refractivity contribution >= 4 is 29.7 Å². The van der Waals surface area contributed by atoms with Crippen LogP contribution in [0.25, 0.3) is 0 Å². The van der Waals surface area contributed by atoms with Gasteiger partial charge in [-0.3, -0.25) is 19.4 Å². The highest BCUT2D eigenvalue weighted by Gasteiger charge is 2.29. The molecule has 0 aliphatic rings. The Labute approximate surface area is 197 Å². The molecule has 1 rings (SSSR count). The van der Waals surface area contributed by atoms with Crippen LogP contribution in [0.1, 0.15) is 39.3 Å². The number of amides is 3. The Bertz CT molecular complexity index is 853. The van der Waals surface area contributed by atoms with E-state index >= 15 is 0 Å². The Morgan fingerprint density at radius 2 is 1.71 bits per heavy atom. The number of rotatable bonds is 14. The number of carbonyl (C=O) groups excluding carboxylic acids is 3. The number of aromatic amines is 1. The van der Waals surface area contributed by atoms with Crippen molar-refractivity contribution < 1.29 is 24.3 Å². The van der Waals surface area contributed by atoms with E-state index in [0.29, 0.717) is 12.1 Å². The second kappa shape index (κ2) is 13.8. The van der Waals surface area contributed by atoms with Gasteiger partial charge >= 0.3 is 5.97 Å². The molecule has 0 saturated heterocycles. The number of carbonyl (C=O) groups is 4. The lowest BCUT2D eigenvalue weighted by Crippen LogP contribution is -2.57. The number of nitrogens with zero attached hydrogens (tertiary/aromatic N) is 2. The summed E-state index contributed by atoms with van der Waals surface area (Å²) in [6.45, 7) is 5.16. The van der Waals surface area contributed by atoms with Gasteiger partial charge in [0.15, 0.2) is 5.96 Å². The molecule has 4 unspecified atom stereocenters. The SMILES string of the molecule is CC(NC(=O)C(Cc1cnc[nH]1)NC(=O)C(N)C(C)C)C(=O)NC(CCCN=C(N)N)C(=O)O. The van der Waals surface area contributed by atoms with Crippen LogP contribution in [0.4, 0.5) is 0 Å². The lowest BCUT2D eigenvalue weighted by molar-refractivity contribution is -0.142. The van der Waals surface area contributed by atoms with E-state index < -0.39 is 47.9 Å². The van der Waals surface area contributed by atoms with Gasteiger partial charge in [-0.2, -0.15) is 0 Å². The number of imidazole rings is 1. The number of hydrogen-bond donors (Lipinski definition) is 8. The van der Waals surface area contributed by atoms with Gasteiger partial charge in [0.25, 0.3) is 0 Å². The van der Waals surface area contributed by atoms with Crippen molar-refractivity contribution in [2.24, 2.45) is 28.1 Å². The van der Waals surface area contributed by atoms with Gasteiger partial charge in [0.1, 0.15) is 18.1 Å². The van der Waals surface area contributed by atoms with Crippen LogP contribution >= 0.6 is 0 Å². The average molecular weight is 482 g/mol. The summed E-state index contributed by atoms with van der Waals surface area (Å²) in [6, 6.07) is -4.13. The van der Waals surface area contributed by atoms with Crippen LogP contribution < -0.4 is 33.2 Å². The number of aromatic nitrogens is 2. The number of carboxylic acids is 1. The first kappa shape index (κ1) is 28.4. The van der Waals surface area contributed by atoms with Crippen LogP contribution in [-0.2, 0) is 25.6 Å². The van der Waals surface area contributed by atoms with E-state index in [1.807, 2.05) is 0 Å². The number of H-pyrrole nitrogens is 1. The number of guanidine groups is 1. The van der Waals surface area contributed by atoms with Crippen molar-refractivity contribution in [3.63, 3.8) is 0 Å². The van der Waals surface area contributed by atoms with E-state index in [0.717, 1.165) is 0 Å². The number of carboxylic acid groups (broad SMARTS) is 1. The number of aliphatic carboxylic acids is 1. The molecule has 0 spiro atoms. The van der Waals surface area contributed by atoms with Crippen LogP contribution in [0.15, 0.2) is 17.5 Å². The maximum absolute atomic E-state index is 12.9. The highest BCUT2D eigenvalue weighted by Crippen LogP contribution is 2.04. The first-order valence-corrected chi connectivity index (χ1v) is 10.8. The zero-order valence-corrected chi connectivity index (χ0v) is 19.6. The molecule has 14 heteroatoms. The molecule has 3 amide bonds. The number of nitrogens with one attached hydrogen (secondary N) is 4. The van der Waals surface area contributed by atoms with Gasteiger partial charge in [-0.15, -0.1) is 0 Å². The third kappa shape index (κ3) is 9.85. The second-order valence-corrected chi connectivity index (χ2v) is 8.19. The predicted octanol–water partition coefficient (Wildman–Crippen LogP) is -2.45. The van der Waals surface area contributed by atoms with Crippen molar-refractivity contribution in [3.8, 4) is 0 Å². The molecule has 0 radical (unpaired) electrons. The Kier molecular flexibility index (Phi) is 11.5. The first-order chi connectivity index (χ1) is 15.9. The Balaban J connectivity index is 2.78. The fourth-order valence-corrected chi connectivity index (χ4v) is 2.83. The summed E-state index contributed by atoms with van der Waals surface area (Å²) >= 11 is 0. The van der Waals surface area contributed by atoms with Crippen LogP contribution in [-0.4, -0.2) is 75.4 Å². The minimum absolute atomic E-state index is 0.0826. The molecule has 4 atom stereocenters. The number of hydrogen-bond acceptors (Lipinski definition) is 7. The van der Waals surface area contributed by atoms with Gasteiger partial charge in [0.2, 0.25) is 17.7 Å². The van der Waals surface area contributed by atoms with E-state index in [9.17, 15) is 24.3 Å². The summed E-state index contributed by atoms with van der Waals surface area (Å²) in [5.41, 5.74) is 16.9. The third-order valence-electron chi connectivity index (χ3n) is 4.94. The first-order valence-electron chi connectivity index (χ1n) is 10.8. The summed E-state index contributed by atoms with van der Waals surface area (Å²) in [5.74, 6) is -3.35. The molecule has 0 fully saturated rings. The minimum Gasteiger partial charge on any atom is -0.480 e. The maximum atomic E-state index is 12.9. The maximum Gasteiger partial charge on any atom is 0.326 e. The van der Waals surface area contributed by atoms with E-state index in [2.05, 4.69) is 30.9 Å². The van der Waals surface area contributed by atoms with Crippen molar-refractivity contribution in [2.45, 2.75) is 64.2 Å². The summed E-state index contributed by atoms with van der Waals surface area (Å²) in [6.07, 6.45) is 3.43. The standard InChI is InChI=1S/C20H35N9O5/c1-10(2)15(21)18(32)29-14(7-12-8-24-9-26-12)17(31)27-11(3)16(30)28-13(19(33)34)5-4-6-25-20(22)23/h8-11,13-15H,4-7,21H2,1-3H3,(H,24,26)(H,27,31)(H,28,30)(H,29,32)(H,33,34)(H4,22,23,25). The van der Waals surface area contributed by atoms with Crippen molar-refractivity contribution in [1.29, 1.82) is 0 Å². The van der Waals surface area contributed by atoms with Gasteiger partial charge in [-0.05, 0) is 25.7 Å². The summed E-state index contributed by atoms with van der Waals surface area (Å²) < 4.78 is 0. The van der Waals surface area contributed by atoms with Crippen molar-refractivity contribution in [3.05, 3.63) is 18.2 Å². The van der Waals surface area contributed by atoms with Gasteiger partial charge in [0.05, 0.1) is 12.4 Å². The molecule has 0 saturated carbocycles. The third-order valence-corrected chi connectivity index (χ3v) is 4.94. The molecule has 14 nitrogen and oxygen atoms in total. The summed E-state index contributed by atoms with van der Waals surface area (Å²) in [5, 5.41) is 16.9. The highest BCUT2D eigenvalue weighted by molar-refractivity contribution is 5.94. The summed E-state index contributed by atoms with van der Waals surface area (Å²) in [4.78, 5) is 59.8. The zero-order valence-electron chi connectivity index (χ0n) is 19.6. The van der Waals surface area contributed by atoms with E-state index in [1.165, 1.54) is 19.4 Å². The molecule has 0 aromatic carbocycles. The van der Waals surface area contributed by atoms with Crippen LogP contribution in [0.3, 0.4) is 0 Å². The fourth-order valence-electron chi connectivity index (χ4n) is 2.83. The van der Waals surface area contributed by atoms with E-state index in [4.69, 9.17) is 17.2 Å². The Morgan fingerprint density at radius 1 is 1.06 bits per heavy atom. The van der Waals surface area contributed by atoms with Crippen LogP contribution in [0.5, 0.6) is 0 Å². The quantitative estimate of drug-likeness (QED) is 0.0797. The van der Waals surface area contributed by atoms with Crippen molar-refractivity contribution in [1.82, 2.24) is 25.9 Å². The lowest BCUT2D eigenvalue weighted by Gasteiger charge is -2.24. The number of aliphatic imine (C=N–C) groups is 1. The molecule has 11 N–H and O–H groups in total. The van der Waals surface area contributed by atoms with E-state index in [-0.39, 0.29) is 31.3 Å². The summed E-state index contributed by atoms with van der Waals surface area (Å²) in [7, 11) is 0. The topological polar surface area (TPSA) is 244 Å². The number of nitrogens with two attached hydrogens (primary N) is 3. The molecule has 0 aliphatic carbocycles. The molecule has 1 aromatic rings. The van der Waals surface area contributed by atoms with Gasteiger partial charge in [-0.25, -0.2) is 9.78 Å². The predicted molar refractivity (Wildman–Crippen MR) is 124 cm³/mol. The Hall–Kier alpha value is -3.68. The van der Waals surface area contributed by atoms with Crippen LogP contribution in [0, 0.1) is 5.92 Å².